The van der Waals surface area contributed by atoms with Crippen LogP contribution < -0.4 is 4.72 Å². The molecule has 5 nitrogen and oxygen atoms in total. The molecule has 1 N–H and O–H groups in total. The Morgan fingerprint density at radius 2 is 2.00 bits per heavy atom. The first kappa shape index (κ1) is 19.9. The van der Waals surface area contributed by atoms with Gasteiger partial charge < -0.3 is 4.90 Å². The Balaban J connectivity index is 2.62. The van der Waals surface area contributed by atoms with Gasteiger partial charge in [-0.25, -0.2) is 13.1 Å². The largest absolute Gasteiger partial charge is 0.339 e. The number of nitrogens with zero attached hydrogens (tertiary/aromatic N) is 1. The van der Waals surface area contributed by atoms with Crippen LogP contribution in [0.2, 0.25) is 0 Å². The molecule has 6 heteroatoms. The Bertz CT molecular complexity index is 562. The first-order chi connectivity index (χ1) is 10.7. The van der Waals surface area contributed by atoms with E-state index in [0.29, 0.717) is 18.9 Å². The van der Waals surface area contributed by atoms with E-state index in [1.807, 2.05) is 17.1 Å². The lowest BCUT2D eigenvalue weighted by molar-refractivity contribution is -0.127. The molecule has 0 unspecified atom stereocenters. The fraction of sp³-hybridized carbons (Fsp3) is 0.706. The van der Waals surface area contributed by atoms with Crippen molar-refractivity contribution in [3.63, 3.8) is 0 Å². The molecule has 1 aliphatic rings. The van der Waals surface area contributed by atoms with Crippen LogP contribution in [0.5, 0.6) is 0 Å². The summed E-state index contributed by atoms with van der Waals surface area (Å²) in [5, 5.41) is 0. The van der Waals surface area contributed by atoms with E-state index >= 15 is 0 Å². The zero-order valence-corrected chi connectivity index (χ0v) is 15.6. The zero-order chi connectivity index (χ0) is 17.5. The SMILES string of the molecule is CCCN(CC(C)C)C(=O)C1=CC=C(CCNS(C)(=O)=O)CC1. The molecule has 1 rings (SSSR count). The molecule has 0 aromatic heterocycles. The number of nitrogens with one attached hydrogen (secondary N) is 1. The summed E-state index contributed by atoms with van der Waals surface area (Å²) in [6.07, 6.45) is 8.26. The average Bonchev–Trinajstić information content (AvgIpc) is 2.45. The van der Waals surface area contributed by atoms with Crippen molar-refractivity contribution in [1.29, 1.82) is 0 Å². The Morgan fingerprint density at radius 1 is 1.30 bits per heavy atom. The molecule has 0 aliphatic heterocycles. The number of carbonyl (C=O) groups excluding carboxylic acids is 1. The monoisotopic (exact) mass is 342 g/mol. The van der Waals surface area contributed by atoms with Crippen LogP contribution >= 0.6 is 0 Å². The summed E-state index contributed by atoms with van der Waals surface area (Å²) in [6.45, 7) is 8.33. The van der Waals surface area contributed by atoms with Crippen LogP contribution in [0, 0.1) is 5.92 Å². The van der Waals surface area contributed by atoms with Crippen molar-refractivity contribution >= 4 is 15.9 Å². The van der Waals surface area contributed by atoms with Crippen molar-refractivity contribution in [2.24, 2.45) is 5.92 Å². The number of allylic oxidation sites excluding steroid dienone is 2. The maximum Gasteiger partial charge on any atom is 0.249 e. The molecule has 1 amide bonds. The summed E-state index contributed by atoms with van der Waals surface area (Å²) < 4.78 is 24.6. The predicted octanol–water partition coefficient (Wildman–Crippen LogP) is 2.47. The normalized spacial score (nSPS) is 15.3. The highest BCUT2D eigenvalue weighted by atomic mass is 32.2. The highest BCUT2D eigenvalue weighted by molar-refractivity contribution is 7.88. The minimum Gasteiger partial charge on any atom is -0.339 e. The quantitative estimate of drug-likeness (QED) is 0.700. The maximum absolute atomic E-state index is 12.6. The van der Waals surface area contributed by atoms with Crippen molar-refractivity contribution in [3.8, 4) is 0 Å². The molecule has 0 aromatic carbocycles. The Kier molecular flexibility index (Phi) is 7.99. The van der Waals surface area contributed by atoms with Gasteiger partial charge in [0.2, 0.25) is 15.9 Å². The third kappa shape index (κ3) is 7.79. The molecule has 23 heavy (non-hydrogen) atoms. The van der Waals surface area contributed by atoms with Crippen molar-refractivity contribution in [2.45, 2.75) is 46.5 Å². The number of carbonyl (C=O) groups is 1. The van der Waals surface area contributed by atoms with Crippen LogP contribution in [0.25, 0.3) is 0 Å². The summed E-state index contributed by atoms with van der Waals surface area (Å²) in [7, 11) is -3.13. The summed E-state index contributed by atoms with van der Waals surface area (Å²) >= 11 is 0. The summed E-state index contributed by atoms with van der Waals surface area (Å²) in [5.41, 5.74) is 2.04. The topological polar surface area (TPSA) is 66.5 Å². The van der Waals surface area contributed by atoms with Crippen molar-refractivity contribution in [2.75, 3.05) is 25.9 Å². The van der Waals surface area contributed by atoms with Gasteiger partial charge in [-0.15, -0.1) is 0 Å². The highest BCUT2D eigenvalue weighted by Gasteiger charge is 2.20. The van der Waals surface area contributed by atoms with E-state index in [9.17, 15) is 13.2 Å². The minimum atomic E-state index is -3.13. The van der Waals surface area contributed by atoms with Crippen LogP contribution in [0.15, 0.2) is 23.3 Å². The van der Waals surface area contributed by atoms with E-state index < -0.39 is 10.0 Å². The lowest BCUT2D eigenvalue weighted by Crippen LogP contribution is -2.36. The van der Waals surface area contributed by atoms with Gasteiger partial charge in [-0.05, 0) is 31.6 Å². The second-order valence-electron chi connectivity index (χ2n) is 6.58. The maximum atomic E-state index is 12.6. The molecule has 0 spiro atoms. The molecule has 0 fully saturated rings. The lowest BCUT2D eigenvalue weighted by atomic mass is 9.95. The van der Waals surface area contributed by atoms with E-state index in [-0.39, 0.29) is 5.91 Å². The summed E-state index contributed by atoms with van der Waals surface area (Å²) in [5.74, 6) is 0.605. The molecule has 0 bridgehead atoms. The number of hydrogen-bond donors (Lipinski definition) is 1. The molecular weight excluding hydrogens is 312 g/mol. The first-order valence-electron chi connectivity index (χ1n) is 8.35. The standard InChI is InChI=1S/C17H30N2O3S/c1-5-12-19(13-14(2)3)17(20)16-8-6-15(7-9-16)10-11-18-23(4,21)22/h6,8,14,18H,5,7,9-13H2,1-4H3. The van der Waals surface area contributed by atoms with Crippen molar-refractivity contribution in [3.05, 3.63) is 23.3 Å². The fourth-order valence-electron chi connectivity index (χ4n) is 2.65. The molecule has 0 atom stereocenters. The molecule has 132 valence electrons. The second kappa shape index (κ2) is 9.23. The smallest absolute Gasteiger partial charge is 0.249 e. The molecule has 0 saturated carbocycles. The average molecular weight is 343 g/mol. The third-order valence-corrected chi connectivity index (χ3v) is 4.42. The van der Waals surface area contributed by atoms with Gasteiger partial charge in [0.05, 0.1) is 6.26 Å². The Morgan fingerprint density at radius 3 is 2.48 bits per heavy atom. The molecular formula is C17H30N2O3S. The second-order valence-corrected chi connectivity index (χ2v) is 8.41. The Hall–Kier alpha value is -1.14. The van der Waals surface area contributed by atoms with Gasteiger partial charge >= 0.3 is 0 Å². The van der Waals surface area contributed by atoms with E-state index in [2.05, 4.69) is 25.5 Å². The van der Waals surface area contributed by atoms with Gasteiger partial charge in [-0.2, -0.15) is 0 Å². The molecule has 0 saturated heterocycles. The van der Waals surface area contributed by atoms with Gasteiger partial charge in [-0.1, -0.05) is 38.5 Å². The molecule has 0 aromatic rings. The van der Waals surface area contributed by atoms with Gasteiger partial charge in [0.15, 0.2) is 0 Å². The molecule has 0 radical (unpaired) electrons. The van der Waals surface area contributed by atoms with Crippen LogP contribution in [0.4, 0.5) is 0 Å². The molecule has 0 heterocycles. The van der Waals surface area contributed by atoms with E-state index in [4.69, 9.17) is 0 Å². The number of hydrogen-bond acceptors (Lipinski definition) is 3. The van der Waals surface area contributed by atoms with Gasteiger partial charge in [-0.3, -0.25) is 4.79 Å². The fourth-order valence-corrected chi connectivity index (χ4v) is 3.13. The number of sulfonamides is 1. The zero-order valence-electron chi connectivity index (χ0n) is 14.8. The van der Waals surface area contributed by atoms with Gasteiger partial charge in [0.1, 0.15) is 0 Å². The van der Waals surface area contributed by atoms with Crippen LogP contribution in [-0.2, 0) is 14.8 Å². The summed E-state index contributed by atoms with van der Waals surface area (Å²) in [6, 6.07) is 0. The van der Waals surface area contributed by atoms with Crippen LogP contribution in [0.3, 0.4) is 0 Å². The van der Waals surface area contributed by atoms with E-state index in [0.717, 1.165) is 44.2 Å². The third-order valence-electron chi connectivity index (χ3n) is 3.69. The minimum absolute atomic E-state index is 0.144. The lowest BCUT2D eigenvalue weighted by Gasteiger charge is -2.26. The molecule has 1 aliphatic carbocycles. The Labute approximate surface area is 140 Å². The summed E-state index contributed by atoms with van der Waals surface area (Å²) in [4.78, 5) is 14.6. The van der Waals surface area contributed by atoms with Crippen LogP contribution in [-0.4, -0.2) is 45.1 Å². The van der Waals surface area contributed by atoms with Crippen LogP contribution in [0.1, 0.15) is 46.5 Å². The number of rotatable bonds is 9. The number of amides is 1. The predicted molar refractivity (Wildman–Crippen MR) is 94.6 cm³/mol. The van der Waals surface area contributed by atoms with Gasteiger partial charge in [0.25, 0.3) is 0 Å². The van der Waals surface area contributed by atoms with Crippen molar-refractivity contribution in [1.82, 2.24) is 9.62 Å². The van der Waals surface area contributed by atoms with Gasteiger partial charge in [0, 0.05) is 25.2 Å². The van der Waals surface area contributed by atoms with E-state index in [1.165, 1.54) is 5.57 Å². The first-order valence-corrected chi connectivity index (χ1v) is 10.2. The van der Waals surface area contributed by atoms with E-state index in [1.54, 1.807) is 0 Å². The highest BCUT2D eigenvalue weighted by Crippen LogP contribution is 2.22. The van der Waals surface area contributed by atoms with Crippen molar-refractivity contribution < 1.29 is 13.2 Å².